The van der Waals surface area contributed by atoms with Crippen LogP contribution in [0.3, 0.4) is 0 Å². The molecule has 1 atom stereocenters. The van der Waals surface area contributed by atoms with Crippen molar-refractivity contribution in [3.05, 3.63) is 27.9 Å². The summed E-state index contributed by atoms with van der Waals surface area (Å²) in [4.78, 5) is 20.0. The molecule has 7 nitrogen and oxygen atoms in total. The monoisotopic (exact) mass is 237 g/mol. The van der Waals surface area contributed by atoms with E-state index in [2.05, 4.69) is 15.1 Å². The van der Waals surface area contributed by atoms with Crippen molar-refractivity contribution >= 4 is 5.78 Å². The lowest BCUT2D eigenvalue weighted by Gasteiger charge is -2.09. The van der Waals surface area contributed by atoms with Crippen molar-refractivity contribution in [3.63, 3.8) is 0 Å². The fourth-order valence-electron chi connectivity index (χ4n) is 1.61. The first-order valence-electron chi connectivity index (χ1n) is 5.32. The molecular formula is C10H15N5O2. The van der Waals surface area contributed by atoms with Gasteiger partial charge in [-0.1, -0.05) is 0 Å². The van der Waals surface area contributed by atoms with Gasteiger partial charge in [0.05, 0.1) is 6.10 Å². The van der Waals surface area contributed by atoms with Crippen LogP contribution in [0.2, 0.25) is 0 Å². The number of H-pyrrole nitrogens is 1. The summed E-state index contributed by atoms with van der Waals surface area (Å²) in [6.07, 6.45) is 0.404. The number of aromatic nitrogens is 4. The topological polar surface area (TPSA) is 98.3 Å². The average molecular weight is 237 g/mol. The lowest BCUT2D eigenvalue weighted by molar-refractivity contribution is 0.108. The van der Waals surface area contributed by atoms with Crippen molar-refractivity contribution in [3.8, 4) is 0 Å². The van der Waals surface area contributed by atoms with E-state index in [0.717, 1.165) is 0 Å². The molecule has 1 unspecified atom stereocenters. The lowest BCUT2D eigenvalue weighted by Crippen LogP contribution is -2.25. The van der Waals surface area contributed by atoms with Gasteiger partial charge >= 0.3 is 0 Å². The summed E-state index contributed by atoms with van der Waals surface area (Å²) in [6.45, 7) is 2.16. The largest absolute Gasteiger partial charge is 0.380 e. The fourth-order valence-corrected chi connectivity index (χ4v) is 1.61. The molecule has 2 aromatic heterocycles. The van der Waals surface area contributed by atoms with Crippen LogP contribution in [0.4, 0.5) is 0 Å². The number of methoxy groups -OCH3 is 1. The molecule has 3 N–H and O–H groups in total. The van der Waals surface area contributed by atoms with Gasteiger partial charge in [0.2, 0.25) is 0 Å². The number of nitrogens with two attached hydrogens (primary N) is 1. The summed E-state index contributed by atoms with van der Waals surface area (Å²) in [5.41, 5.74) is 6.00. The maximum atomic E-state index is 11.6. The van der Waals surface area contributed by atoms with Gasteiger partial charge in [-0.3, -0.25) is 9.89 Å². The summed E-state index contributed by atoms with van der Waals surface area (Å²) >= 11 is 0. The fraction of sp³-hybridized carbons (Fsp3) is 0.500. The maximum absolute atomic E-state index is 11.6. The van der Waals surface area contributed by atoms with Crippen molar-refractivity contribution in [2.75, 3.05) is 13.7 Å². The molecule has 2 aromatic rings. The van der Waals surface area contributed by atoms with Gasteiger partial charge in [-0.05, 0) is 6.92 Å². The van der Waals surface area contributed by atoms with Gasteiger partial charge in [-0.2, -0.15) is 9.50 Å². The van der Waals surface area contributed by atoms with E-state index in [9.17, 15) is 4.79 Å². The predicted octanol–water partition coefficient (Wildman–Crippen LogP) is -0.758. The second-order valence-electron chi connectivity index (χ2n) is 3.84. The summed E-state index contributed by atoms with van der Waals surface area (Å²) in [6, 6.07) is 1.45. The van der Waals surface area contributed by atoms with Crippen molar-refractivity contribution in [2.24, 2.45) is 5.73 Å². The predicted molar refractivity (Wildman–Crippen MR) is 61.9 cm³/mol. The highest BCUT2D eigenvalue weighted by atomic mass is 16.5. The number of ether oxygens (including phenoxy) is 1. The van der Waals surface area contributed by atoms with Crippen LogP contribution in [0.1, 0.15) is 11.5 Å². The zero-order valence-corrected chi connectivity index (χ0v) is 9.80. The number of hydrogen-bond acceptors (Lipinski definition) is 5. The third-order valence-electron chi connectivity index (χ3n) is 2.52. The van der Waals surface area contributed by atoms with Crippen molar-refractivity contribution in [2.45, 2.75) is 19.4 Å². The summed E-state index contributed by atoms with van der Waals surface area (Å²) in [5, 5.41) is 2.89. The first-order valence-corrected chi connectivity index (χ1v) is 5.32. The minimum Gasteiger partial charge on any atom is -0.380 e. The van der Waals surface area contributed by atoms with E-state index in [-0.39, 0.29) is 11.7 Å². The van der Waals surface area contributed by atoms with Crippen molar-refractivity contribution in [1.29, 1.82) is 0 Å². The van der Waals surface area contributed by atoms with Gasteiger partial charge < -0.3 is 10.5 Å². The molecule has 7 heteroatoms. The highest BCUT2D eigenvalue weighted by Crippen LogP contribution is 2.01. The normalized spacial score (nSPS) is 13.1. The molecule has 2 rings (SSSR count). The minimum absolute atomic E-state index is 0.118. The third kappa shape index (κ3) is 2.34. The number of fused-ring (bicyclic) bond motifs is 1. The Morgan fingerprint density at radius 1 is 1.59 bits per heavy atom. The summed E-state index contributed by atoms with van der Waals surface area (Å²) in [5.74, 6) is 1.01. The van der Waals surface area contributed by atoms with E-state index in [4.69, 9.17) is 10.5 Å². The quantitative estimate of drug-likeness (QED) is 0.728. The van der Waals surface area contributed by atoms with E-state index < -0.39 is 0 Å². The molecule has 0 aliphatic carbocycles. The molecule has 0 aliphatic rings. The van der Waals surface area contributed by atoms with E-state index in [0.29, 0.717) is 30.3 Å². The number of rotatable bonds is 4. The second-order valence-corrected chi connectivity index (χ2v) is 3.84. The van der Waals surface area contributed by atoms with Crippen LogP contribution in [0, 0.1) is 6.92 Å². The molecule has 0 saturated carbocycles. The van der Waals surface area contributed by atoms with Crippen LogP contribution in [0.15, 0.2) is 10.9 Å². The van der Waals surface area contributed by atoms with Crippen LogP contribution in [-0.2, 0) is 11.2 Å². The van der Waals surface area contributed by atoms with Crippen molar-refractivity contribution < 1.29 is 4.74 Å². The molecule has 0 bridgehead atoms. The van der Waals surface area contributed by atoms with E-state index >= 15 is 0 Å². The molecular weight excluding hydrogens is 222 g/mol. The third-order valence-corrected chi connectivity index (χ3v) is 2.52. The van der Waals surface area contributed by atoms with Crippen molar-refractivity contribution in [1.82, 2.24) is 19.6 Å². The molecule has 0 aromatic carbocycles. The molecule has 0 spiro atoms. The van der Waals surface area contributed by atoms with Gasteiger partial charge in [-0.25, -0.2) is 4.98 Å². The van der Waals surface area contributed by atoms with Crippen LogP contribution in [0.25, 0.3) is 5.78 Å². The Bertz CT molecular complexity index is 570. The minimum atomic E-state index is -0.173. The van der Waals surface area contributed by atoms with Crippen LogP contribution >= 0.6 is 0 Å². The number of aryl methyl sites for hydroxylation is 1. The number of nitrogens with zero attached hydrogens (tertiary/aromatic N) is 3. The first-order chi connectivity index (χ1) is 8.13. The Hall–Kier alpha value is -1.73. The molecule has 17 heavy (non-hydrogen) atoms. The Labute approximate surface area is 97.6 Å². The molecule has 2 heterocycles. The second kappa shape index (κ2) is 4.64. The molecule has 92 valence electrons. The molecule has 0 amide bonds. The molecule has 0 radical (unpaired) electrons. The zero-order valence-electron chi connectivity index (χ0n) is 9.80. The van der Waals surface area contributed by atoms with E-state index in [1.54, 1.807) is 14.0 Å². The number of hydrogen-bond donors (Lipinski definition) is 2. The lowest BCUT2D eigenvalue weighted by atomic mass is 10.2. The zero-order chi connectivity index (χ0) is 12.4. The standard InChI is InChI=1S/C10H15N5O2/c1-6-3-9(16)15-10(12-6)13-8(14-15)4-7(5-11)17-2/h3,7H,4-5,11H2,1-2H3,(H,12,13,14). The Morgan fingerprint density at radius 3 is 3.00 bits per heavy atom. The van der Waals surface area contributed by atoms with Gasteiger partial charge in [0.15, 0.2) is 0 Å². The Balaban J connectivity index is 2.38. The number of aromatic amines is 1. The highest BCUT2D eigenvalue weighted by Gasteiger charge is 2.11. The van der Waals surface area contributed by atoms with Crippen LogP contribution in [0.5, 0.6) is 0 Å². The Morgan fingerprint density at radius 2 is 2.35 bits per heavy atom. The maximum Gasteiger partial charge on any atom is 0.274 e. The summed E-state index contributed by atoms with van der Waals surface area (Å²) in [7, 11) is 1.59. The van der Waals surface area contributed by atoms with Crippen LogP contribution < -0.4 is 11.3 Å². The molecule has 0 fully saturated rings. The highest BCUT2D eigenvalue weighted by molar-refractivity contribution is 5.27. The Kier molecular flexibility index (Phi) is 3.21. The van der Waals surface area contributed by atoms with Crippen LogP contribution in [-0.4, -0.2) is 39.3 Å². The SMILES string of the molecule is COC(CN)Cc1nc2nc(C)cc(=O)n2[nH]1. The van der Waals surface area contributed by atoms with E-state index in [1.165, 1.54) is 10.6 Å². The van der Waals surface area contributed by atoms with Gasteiger partial charge in [0, 0.05) is 31.8 Å². The van der Waals surface area contributed by atoms with Gasteiger partial charge in [0.1, 0.15) is 5.82 Å². The average Bonchev–Trinajstić information content (AvgIpc) is 2.68. The number of nitrogens with one attached hydrogen (secondary N) is 1. The molecule has 0 aliphatic heterocycles. The molecule has 0 saturated heterocycles. The summed E-state index contributed by atoms with van der Waals surface area (Å²) < 4.78 is 6.47. The smallest absolute Gasteiger partial charge is 0.274 e. The first kappa shape index (κ1) is 11.7. The van der Waals surface area contributed by atoms with Gasteiger partial charge in [0.25, 0.3) is 11.3 Å². The van der Waals surface area contributed by atoms with E-state index in [1.807, 2.05) is 0 Å². The van der Waals surface area contributed by atoms with Gasteiger partial charge in [-0.15, -0.1) is 0 Å².